The second-order valence-electron chi connectivity index (χ2n) is 4.41. The van der Waals surface area contributed by atoms with E-state index in [1.165, 1.54) is 45.1 Å². The van der Waals surface area contributed by atoms with Gasteiger partial charge in [-0.25, -0.2) is 0 Å². The molecule has 2 rings (SSSR count). The van der Waals surface area contributed by atoms with Crippen molar-refractivity contribution in [2.24, 2.45) is 0 Å². The molecule has 0 saturated carbocycles. The van der Waals surface area contributed by atoms with Crippen molar-refractivity contribution in [2.75, 3.05) is 6.54 Å². The van der Waals surface area contributed by atoms with Gasteiger partial charge in [0.05, 0.1) is 0 Å². The van der Waals surface area contributed by atoms with Gasteiger partial charge in [-0.05, 0) is 49.2 Å². The first kappa shape index (κ1) is 11.2. The van der Waals surface area contributed by atoms with Crippen LogP contribution in [0.4, 0.5) is 0 Å². The van der Waals surface area contributed by atoms with Crippen LogP contribution in [0.1, 0.15) is 55.5 Å². The maximum atomic E-state index is 3.71. The van der Waals surface area contributed by atoms with Gasteiger partial charge in [-0.3, -0.25) is 0 Å². The molecule has 0 aromatic carbocycles. The Kier molecular flexibility index (Phi) is 4.21. The van der Waals surface area contributed by atoms with E-state index in [4.69, 9.17) is 0 Å². The molecule has 0 fully saturated rings. The number of thiophene rings is 1. The highest BCUT2D eigenvalue weighted by Gasteiger charge is 2.19. The van der Waals surface area contributed by atoms with E-state index in [0.717, 1.165) is 0 Å². The zero-order chi connectivity index (χ0) is 10.5. The minimum Gasteiger partial charge on any atom is -0.310 e. The normalized spacial score (nSPS) is 20.2. The quantitative estimate of drug-likeness (QED) is 0.746. The molecule has 0 radical (unpaired) electrons. The molecule has 2 heteroatoms. The average molecular weight is 223 g/mol. The molecule has 1 aromatic rings. The summed E-state index contributed by atoms with van der Waals surface area (Å²) in [6, 6.07) is 2.97. The molecule has 84 valence electrons. The minimum absolute atomic E-state index is 0.650. The number of hydrogen-bond acceptors (Lipinski definition) is 2. The first-order valence-electron chi connectivity index (χ1n) is 6.21. The molecule has 1 unspecified atom stereocenters. The fraction of sp³-hybridized carbons (Fsp3) is 0.692. The molecule has 15 heavy (non-hydrogen) atoms. The second kappa shape index (κ2) is 5.66. The molecule has 0 bridgehead atoms. The second-order valence-corrected chi connectivity index (χ2v) is 5.41. The number of unbranched alkanes of at least 4 members (excludes halogenated alkanes) is 2. The van der Waals surface area contributed by atoms with Crippen LogP contribution in [0.25, 0.3) is 0 Å². The summed E-state index contributed by atoms with van der Waals surface area (Å²) in [5.41, 5.74) is 1.59. The number of aryl methyl sites for hydroxylation is 1. The van der Waals surface area contributed by atoms with E-state index >= 15 is 0 Å². The molecule has 0 amide bonds. The van der Waals surface area contributed by atoms with E-state index in [0.29, 0.717) is 6.04 Å². The molecule has 1 nitrogen and oxygen atoms in total. The van der Waals surface area contributed by atoms with Gasteiger partial charge in [0.1, 0.15) is 0 Å². The van der Waals surface area contributed by atoms with Crippen LogP contribution in [0.5, 0.6) is 0 Å². The number of fused-ring (bicyclic) bond motifs is 1. The van der Waals surface area contributed by atoms with Crippen LogP contribution in [-0.4, -0.2) is 6.54 Å². The van der Waals surface area contributed by atoms with E-state index in [-0.39, 0.29) is 0 Å². The van der Waals surface area contributed by atoms with Crippen LogP contribution in [-0.2, 0) is 6.42 Å². The highest BCUT2D eigenvalue weighted by atomic mass is 32.1. The third-order valence-corrected chi connectivity index (χ3v) is 4.22. The van der Waals surface area contributed by atoms with Gasteiger partial charge in [0.15, 0.2) is 0 Å². The molecule has 1 aliphatic rings. The summed E-state index contributed by atoms with van der Waals surface area (Å²) in [7, 11) is 0. The Morgan fingerprint density at radius 3 is 3.27 bits per heavy atom. The molecule has 1 atom stereocenters. The number of nitrogens with one attached hydrogen (secondary N) is 1. The predicted octanol–water partition coefficient (Wildman–Crippen LogP) is 3.91. The summed E-state index contributed by atoms with van der Waals surface area (Å²) in [6.07, 6.45) is 7.99. The third kappa shape index (κ3) is 2.82. The Bertz CT molecular complexity index is 292. The van der Waals surface area contributed by atoms with Gasteiger partial charge in [0.25, 0.3) is 0 Å². The van der Waals surface area contributed by atoms with Crippen molar-refractivity contribution < 1.29 is 0 Å². The molecule has 0 saturated heterocycles. The van der Waals surface area contributed by atoms with Crippen LogP contribution in [0.2, 0.25) is 0 Å². The monoisotopic (exact) mass is 223 g/mol. The van der Waals surface area contributed by atoms with Gasteiger partial charge in [0, 0.05) is 10.9 Å². The highest BCUT2D eigenvalue weighted by molar-refractivity contribution is 7.10. The lowest BCUT2D eigenvalue weighted by atomic mass is 9.94. The van der Waals surface area contributed by atoms with Crippen LogP contribution in [0, 0.1) is 0 Å². The van der Waals surface area contributed by atoms with Crippen molar-refractivity contribution in [1.29, 1.82) is 0 Å². The fourth-order valence-corrected chi connectivity index (χ4v) is 3.34. The van der Waals surface area contributed by atoms with E-state index < -0.39 is 0 Å². The summed E-state index contributed by atoms with van der Waals surface area (Å²) in [6.45, 7) is 3.45. The van der Waals surface area contributed by atoms with E-state index in [9.17, 15) is 0 Å². The van der Waals surface area contributed by atoms with Gasteiger partial charge in [0.2, 0.25) is 0 Å². The zero-order valence-corrected chi connectivity index (χ0v) is 10.4. The average Bonchev–Trinajstić information content (AvgIpc) is 2.73. The molecule has 0 aliphatic heterocycles. The Morgan fingerprint density at radius 1 is 1.47 bits per heavy atom. The summed E-state index contributed by atoms with van der Waals surface area (Å²) in [5.74, 6) is 0. The van der Waals surface area contributed by atoms with Gasteiger partial charge in [-0.1, -0.05) is 19.8 Å². The topological polar surface area (TPSA) is 12.0 Å². The largest absolute Gasteiger partial charge is 0.310 e. The lowest BCUT2D eigenvalue weighted by molar-refractivity contribution is 0.455. The maximum Gasteiger partial charge on any atom is 0.0331 e. The van der Waals surface area contributed by atoms with Crippen molar-refractivity contribution in [3.63, 3.8) is 0 Å². The molecule has 1 aliphatic carbocycles. The van der Waals surface area contributed by atoms with E-state index in [2.05, 4.69) is 23.7 Å². The van der Waals surface area contributed by atoms with Gasteiger partial charge < -0.3 is 5.32 Å². The SMILES string of the molecule is CCCCCNC1CCCc2sccc21. The standard InChI is InChI=1S/C13H21NS/c1-2-3-4-9-14-12-6-5-7-13-11(12)8-10-15-13/h8,10,12,14H,2-7,9H2,1H3. The first-order valence-corrected chi connectivity index (χ1v) is 7.09. The molecular weight excluding hydrogens is 202 g/mol. The Morgan fingerprint density at radius 2 is 2.40 bits per heavy atom. The fourth-order valence-electron chi connectivity index (χ4n) is 2.35. The summed E-state index contributed by atoms with van der Waals surface area (Å²) in [4.78, 5) is 1.62. The number of rotatable bonds is 5. The Labute approximate surface area is 96.9 Å². The van der Waals surface area contributed by atoms with Crippen molar-refractivity contribution in [2.45, 2.75) is 51.5 Å². The minimum atomic E-state index is 0.650. The van der Waals surface area contributed by atoms with Gasteiger partial charge in [-0.2, -0.15) is 0 Å². The summed E-state index contributed by atoms with van der Waals surface area (Å²) >= 11 is 1.93. The van der Waals surface area contributed by atoms with Crippen LogP contribution in [0.15, 0.2) is 11.4 Å². The molecule has 1 N–H and O–H groups in total. The van der Waals surface area contributed by atoms with Gasteiger partial charge in [-0.15, -0.1) is 11.3 Å². The Balaban J connectivity index is 1.84. The van der Waals surface area contributed by atoms with Crippen molar-refractivity contribution >= 4 is 11.3 Å². The highest BCUT2D eigenvalue weighted by Crippen LogP contribution is 2.33. The predicted molar refractivity (Wildman–Crippen MR) is 67.5 cm³/mol. The lowest BCUT2D eigenvalue weighted by Crippen LogP contribution is -2.25. The molecule has 0 spiro atoms. The Hall–Kier alpha value is -0.340. The molecule has 1 aromatic heterocycles. The van der Waals surface area contributed by atoms with E-state index in [1.807, 2.05) is 11.3 Å². The lowest BCUT2D eigenvalue weighted by Gasteiger charge is -2.23. The first-order chi connectivity index (χ1) is 7.42. The molecular formula is C13H21NS. The van der Waals surface area contributed by atoms with E-state index in [1.54, 1.807) is 10.4 Å². The van der Waals surface area contributed by atoms with Crippen LogP contribution in [0.3, 0.4) is 0 Å². The van der Waals surface area contributed by atoms with Crippen molar-refractivity contribution in [3.05, 3.63) is 21.9 Å². The smallest absolute Gasteiger partial charge is 0.0331 e. The van der Waals surface area contributed by atoms with Crippen LogP contribution >= 0.6 is 11.3 Å². The van der Waals surface area contributed by atoms with Crippen molar-refractivity contribution in [1.82, 2.24) is 5.32 Å². The number of hydrogen-bond donors (Lipinski definition) is 1. The third-order valence-electron chi connectivity index (χ3n) is 3.22. The maximum absolute atomic E-state index is 3.71. The van der Waals surface area contributed by atoms with Crippen molar-refractivity contribution in [3.8, 4) is 0 Å². The van der Waals surface area contributed by atoms with Crippen LogP contribution < -0.4 is 5.32 Å². The summed E-state index contributed by atoms with van der Waals surface area (Å²) in [5, 5.41) is 5.95. The molecule has 1 heterocycles. The zero-order valence-electron chi connectivity index (χ0n) is 9.59. The summed E-state index contributed by atoms with van der Waals surface area (Å²) < 4.78 is 0. The van der Waals surface area contributed by atoms with Gasteiger partial charge >= 0.3 is 0 Å².